The van der Waals surface area contributed by atoms with Crippen LogP contribution in [0.3, 0.4) is 0 Å². The maximum atomic E-state index is 12.4. The summed E-state index contributed by atoms with van der Waals surface area (Å²) in [6.07, 6.45) is 0. The SMILES string of the molecule is COC(=O)c1ccc(C)c(NC(=O)COC(=O)[C@H](C)NS(=O)(=O)c2ccc(OC)cc2)c1. The van der Waals surface area contributed by atoms with E-state index in [1.165, 1.54) is 51.5 Å². The second-order valence-corrected chi connectivity index (χ2v) is 8.41. The molecule has 2 N–H and O–H groups in total. The molecule has 0 aliphatic carbocycles. The lowest BCUT2D eigenvalue weighted by molar-refractivity contribution is -0.148. The number of aryl methyl sites for hydroxylation is 1. The first-order valence-corrected chi connectivity index (χ1v) is 10.9. The van der Waals surface area contributed by atoms with Crippen molar-refractivity contribution < 1.29 is 37.0 Å². The topological polar surface area (TPSA) is 137 Å². The van der Waals surface area contributed by atoms with E-state index in [0.717, 1.165) is 0 Å². The van der Waals surface area contributed by atoms with E-state index in [0.29, 0.717) is 17.0 Å². The van der Waals surface area contributed by atoms with Gasteiger partial charge in [-0.25, -0.2) is 13.2 Å². The van der Waals surface area contributed by atoms with Crippen LogP contribution in [0.25, 0.3) is 0 Å². The summed E-state index contributed by atoms with van der Waals surface area (Å²) in [4.78, 5) is 35.9. The van der Waals surface area contributed by atoms with E-state index in [1.54, 1.807) is 19.1 Å². The van der Waals surface area contributed by atoms with Gasteiger partial charge in [-0.1, -0.05) is 6.07 Å². The number of benzene rings is 2. The summed E-state index contributed by atoms with van der Waals surface area (Å²) in [5, 5.41) is 2.53. The Hall–Kier alpha value is -3.44. The third-order valence-electron chi connectivity index (χ3n) is 4.33. The van der Waals surface area contributed by atoms with E-state index in [2.05, 4.69) is 14.8 Å². The van der Waals surface area contributed by atoms with Crippen LogP contribution >= 0.6 is 0 Å². The normalized spacial score (nSPS) is 11.9. The molecule has 2 rings (SSSR count). The highest BCUT2D eigenvalue weighted by atomic mass is 32.2. The summed E-state index contributed by atoms with van der Waals surface area (Å²) >= 11 is 0. The van der Waals surface area contributed by atoms with Gasteiger partial charge in [0.25, 0.3) is 5.91 Å². The molecule has 0 heterocycles. The van der Waals surface area contributed by atoms with Crippen molar-refractivity contribution in [1.29, 1.82) is 0 Å². The number of carbonyl (C=O) groups is 3. The minimum absolute atomic E-state index is 0.0587. The second-order valence-electron chi connectivity index (χ2n) is 6.70. The van der Waals surface area contributed by atoms with Crippen LogP contribution in [-0.2, 0) is 29.1 Å². The van der Waals surface area contributed by atoms with Crippen molar-refractivity contribution >= 4 is 33.6 Å². The number of ether oxygens (including phenoxy) is 3. The minimum Gasteiger partial charge on any atom is -0.497 e. The van der Waals surface area contributed by atoms with E-state index in [4.69, 9.17) is 9.47 Å². The van der Waals surface area contributed by atoms with Gasteiger partial charge in [0.2, 0.25) is 10.0 Å². The van der Waals surface area contributed by atoms with Gasteiger partial charge in [-0.3, -0.25) is 9.59 Å². The molecule has 11 heteroatoms. The first kappa shape index (κ1) is 24.8. The molecular formula is C21H24N2O8S. The Morgan fingerprint density at radius 1 is 1.03 bits per heavy atom. The van der Waals surface area contributed by atoms with E-state index in [-0.39, 0.29) is 10.5 Å². The smallest absolute Gasteiger partial charge is 0.337 e. The van der Waals surface area contributed by atoms with E-state index in [9.17, 15) is 22.8 Å². The van der Waals surface area contributed by atoms with Crippen molar-refractivity contribution in [3.8, 4) is 5.75 Å². The molecule has 1 atom stereocenters. The molecule has 0 saturated heterocycles. The van der Waals surface area contributed by atoms with Crippen molar-refractivity contribution in [2.75, 3.05) is 26.1 Å². The maximum Gasteiger partial charge on any atom is 0.337 e. The molecule has 0 aromatic heterocycles. The Kier molecular flexibility index (Phi) is 8.33. The summed E-state index contributed by atoms with van der Waals surface area (Å²) in [5.74, 6) is -1.68. The molecule has 0 aliphatic rings. The molecule has 2 aromatic rings. The average Bonchev–Trinajstić information content (AvgIpc) is 2.78. The summed E-state index contributed by atoms with van der Waals surface area (Å²) < 4.78 is 41.5. The number of hydrogen-bond acceptors (Lipinski definition) is 8. The maximum absolute atomic E-state index is 12.4. The predicted octanol–water partition coefficient (Wildman–Crippen LogP) is 1.64. The largest absolute Gasteiger partial charge is 0.497 e. The number of methoxy groups -OCH3 is 2. The number of nitrogens with one attached hydrogen (secondary N) is 2. The van der Waals surface area contributed by atoms with E-state index >= 15 is 0 Å². The lowest BCUT2D eigenvalue weighted by atomic mass is 10.1. The van der Waals surface area contributed by atoms with Crippen LogP contribution in [-0.4, -0.2) is 53.1 Å². The van der Waals surface area contributed by atoms with Crippen molar-refractivity contribution in [3.05, 3.63) is 53.6 Å². The quantitative estimate of drug-likeness (QED) is 0.535. The van der Waals surface area contributed by atoms with Crippen LogP contribution in [0.15, 0.2) is 47.4 Å². The summed E-state index contributed by atoms with van der Waals surface area (Å²) in [5.41, 5.74) is 1.27. The van der Waals surface area contributed by atoms with Crippen LogP contribution in [0.2, 0.25) is 0 Å². The molecule has 0 saturated carbocycles. The third-order valence-corrected chi connectivity index (χ3v) is 5.89. The summed E-state index contributed by atoms with van der Waals surface area (Å²) in [7, 11) is -1.30. The zero-order chi connectivity index (χ0) is 23.9. The van der Waals surface area contributed by atoms with E-state index < -0.39 is 40.5 Å². The highest BCUT2D eigenvalue weighted by Gasteiger charge is 2.24. The standard InChI is InChI=1S/C21H24N2O8S/c1-13-5-6-15(21(26)30-4)11-18(13)22-19(24)12-31-20(25)14(2)23-32(27,28)17-9-7-16(29-3)8-10-17/h5-11,14,23H,12H2,1-4H3,(H,22,24)/t14-/m0/s1. The molecule has 0 aliphatic heterocycles. The van der Waals surface area contributed by atoms with E-state index in [1.807, 2.05) is 0 Å². The van der Waals surface area contributed by atoms with Crippen LogP contribution in [0, 0.1) is 6.92 Å². The Morgan fingerprint density at radius 2 is 1.69 bits per heavy atom. The van der Waals surface area contributed by atoms with Gasteiger partial charge >= 0.3 is 11.9 Å². The first-order chi connectivity index (χ1) is 15.1. The minimum atomic E-state index is -3.99. The van der Waals surface area contributed by atoms with Gasteiger partial charge < -0.3 is 19.5 Å². The molecule has 2 aromatic carbocycles. The third kappa shape index (κ3) is 6.53. The zero-order valence-electron chi connectivity index (χ0n) is 18.0. The van der Waals surface area contributed by atoms with Gasteiger partial charge in [-0.05, 0) is 55.8 Å². The predicted molar refractivity (Wildman–Crippen MR) is 115 cm³/mol. The molecule has 172 valence electrons. The van der Waals surface area contributed by atoms with Crippen molar-refractivity contribution in [1.82, 2.24) is 4.72 Å². The van der Waals surface area contributed by atoms with Crippen LogP contribution in [0.1, 0.15) is 22.8 Å². The Labute approximate surface area is 185 Å². The lowest BCUT2D eigenvalue weighted by Gasteiger charge is -2.14. The molecule has 0 bridgehead atoms. The fraction of sp³-hybridized carbons (Fsp3) is 0.286. The molecule has 10 nitrogen and oxygen atoms in total. The molecule has 0 spiro atoms. The van der Waals surface area contributed by atoms with Gasteiger partial charge in [0.05, 0.1) is 24.7 Å². The Bertz CT molecular complexity index is 1100. The monoisotopic (exact) mass is 464 g/mol. The van der Waals surface area contributed by atoms with Crippen LogP contribution in [0.5, 0.6) is 5.75 Å². The highest BCUT2D eigenvalue weighted by Crippen LogP contribution is 2.18. The van der Waals surface area contributed by atoms with Gasteiger partial charge in [-0.2, -0.15) is 4.72 Å². The number of anilines is 1. The van der Waals surface area contributed by atoms with Crippen molar-refractivity contribution in [3.63, 3.8) is 0 Å². The van der Waals surface area contributed by atoms with Crippen molar-refractivity contribution in [2.24, 2.45) is 0 Å². The Balaban J connectivity index is 1.94. The number of carbonyl (C=O) groups excluding carboxylic acids is 3. The molecule has 0 unspecified atom stereocenters. The average molecular weight is 464 g/mol. The van der Waals surface area contributed by atoms with Gasteiger partial charge in [0, 0.05) is 5.69 Å². The fourth-order valence-corrected chi connectivity index (χ4v) is 3.75. The van der Waals surface area contributed by atoms with Crippen LogP contribution in [0.4, 0.5) is 5.69 Å². The van der Waals surface area contributed by atoms with Crippen molar-refractivity contribution in [2.45, 2.75) is 24.8 Å². The first-order valence-electron chi connectivity index (χ1n) is 9.39. The zero-order valence-corrected chi connectivity index (χ0v) is 18.8. The van der Waals surface area contributed by atoms with Gasteiger partial charge in [-0.15, -0.1) is 0 Å². The molecule has 32 heavy (non-hydrogen) atoms. The number of sulfonamides is 1. The summed E-state index contributed by atoms with van der Waals surface area (Å²) in [6.45, 7) is 2.37. The Morgan fingerprint density at radius 3 is 2.28 bits per heavy atom. The molecule has 0 radical (unpaired) electrons. The molecule has 1 amide bonds. The van der Waals surface area contributed by atoms with Crippen LogP contribution < -0.4 is 14.8 Å². The number of hydrogen-bond donors (Lipinski definition) is 2. The second kappa shape index (κ2) is 10.7. The summed E-state index contributed by atoms with van der Waals surface area (Å²) in [6, 6.07) is 8.98. The fourth-order valence-electron chi connectivity index (χ4n) is 2.55. The van der Waals surface area contributed by atoms with Gasteiger partial charge in [0.15, 0.2) is 6.61 Å². The highest BCUT2D eigenvalue weighted by molar-refractivity contribution is 7.89. The molecular weight excluding hydrogens is 440 g/mol. The molecule has 0 fully saturated rings. The lowest BCUT2D eigenvalue weighted by Crippen LogP contribution is -2.40. The number of rotatable bonds is 9. The van der Waals surface area contributed by atoms with Gasteiger partial charge in [0.1, 0.15) is 11.8 Å². The number of esters is 2. The number of amides is 1.